The maximum absolute atomic E-state index is 13.1. The molecular weight excluding hydrogens is 446 g/mol. The predicted octanol–water partition coefficient (Wildman–Crippen LogP) is 7.11. The number of carbonyl (C=O) groups excluding carboxylic acids is 1. The average molecular weight is 478 g/mol. The fraction of sp³-hybridized carbons (Fsp3) is 0.312. The van der Waals surface area contributed by atoms with Crippen LogP contribution in [0.4, 0.5) is 0 Å². The van der Waals surface area contributed by atoms with E-state index in [2.05, 4.69) is 49.1 Å². The summed E-state index contributed by atoms with van der Waals surface area (Å²) in [6, 6.07) is 14.6. The van der Waals surface area contributed by atoms with Crippen molar-refractivity contribution in [1.82, 2.24) is 4.98 Å². The third-order valence-electron chi connectivity index (χ3n) is 6.60. The summed E-state index contributed by atoms with van der Waals surface area (Å²) in [6.45, 7) is 12.1. The Kier molecular flexibility index (Phi) is 6.06. The second kappa shape index (κ2) is 9.08. The molecule has 1 aromatic heterocycles. The monoisotopic (exact) mass is 477 g/mol. The summed E-state index contributed by atoms with van der Waals surface area (Å²) in [6.07, 6.45) is 2.01. The van der Waals surface area contributed by atoms with Crippen molar-refractivity contribution >= 4 is 27.5 Å². The fourth-order valence-corrected chi connectivity index (χ4v) is 5.22. The number of pyridine rings is 1. The van der Waals surface area contributed by atoms with E-state index in [1.165, 1.54) is 5.56 Å². The molecule has 0 spiro atoms. The van der Waals surface area contributed by atoms with Gasteiger partial charge in [-0.05, 0) is 105 Å². The van der Waals surface area contributed by atoms with E-state index < -0.39 is 11.7 Å². The number of aryl methyl sites for hydroxylation is 1. The largest absolute Gasteiger partial charge is 0.493 e. The van der Waals surface area contributed by atoms with Crippen LogP contribution in [0.15, 0.2) is 48.7 Å². The fourth-order valence-electron chi connectivity index (χ4n) is 5.22. The molecule has 0 fully saturated rings. The van der Waals surface area contributed by atoms with Crippen LogP contribution < -0.4 is 4.74 Å². The smallest absolute Gasteiger partial charge is 0.163 e. The van der Waals surface area contributed by atoms with Crippen molar-refractivity contribution in [3.63, 3.8) is 0 Å². The van der Waals surface area contributed by atoms with Crippen LogP contribution in [0, 0.1) is 18.8 Å². The number of rotatable bonds is 4. The molecule has 2 heterocycles. The maximum atomic E-state index is 13.1. The van der Waals surface area contributed by atoms with Gasteiger partial charge in [0.05, 0.1) is 17.7 Å². The van der Waals surface area contributed by atoms with Crippen molar-refractivity contribution in [2.45, 2.75) is 59.7 Å². The van der Waals surface area contributed by atoms with Gasteiger partial charge in [-0.1, -0.05) is 18.1 Å². The van der Waals surface area contributed by atoms with Crippen molar-refractivity contribution in [2.75, 3.05) is 6.61 Å². The first-order chi connectivity index (χ1) is 17.2. The molecule has 4 heteroatoms. The van der Waals surface area contributed by atoms with Gasteiger partial charge in [-0.25, -0.2) is 0 Å². The van der Waals surface area contributed by atoms with Gasteiger partial charge in [0.15, 0.2) is 5.78 Å². The van der Waals surface area contributed by atoms with Gasteiger partial charge in [0.25, 0.3) is 0 Å². The normalized spacial score (nSPS) is 13.7. The lowest BCUT2D eigenvalue weighted by molar-refractivity contribution is -0.138. The zero-order chi connectivity index (χ0) is 25.6. The molecule has 3 aromatic carbocycles. The van der Waals surface area contributed by atoms with Gasteiger partial charge in [0, 0.05) is 29.1 Å². The van der Waals surface area contributed by atoms with E-state index in [1.54, 1.807) is 6.92 Å². The molecule has 5 rings (SSSR count). The molecule has 0 bridgehead atoms. The molecule has 4 aromatic rings. The molecule has 1 aliphatic heterocycles. The Bertz CT molecular complexity index is 1570. The van der Waals surface area contributed by atoms with Crippen LogP contribution in [-0.2, 0) is 16.0 Å². The molecule has 0 saturated carbocycles. The SMILES string of the molecule is CC#Cc1ccc2c(-c3ccc4c5c(ccnc35)CCO4)c([C@H](OC(C)(C)C)C(C)=O)c(C)cc2c1. The predicted molar refractivity (Wildman–Crippen MR) is 145 cm³/mol. The first-order valence-corrected chi connectivity index (χ1v) is 12.4. The van der Waals surface area contributed by atoms with Gasteiger partial charge < -0.3 is 9.47 Å². The number of fused-ring (bicyclic) bond motifs is 1. The van der Waals surface area contributed by atoms with Gasteiger partial charge in [-0.2, -0.15) is 0 Å². The van der Waals surface area contributed by atoms with E-state index in [0.29, 0.717) is 6.61 Å². The quantitative estimate of drug-likeness (QED) is 0.294. The molecule has 0 saturated heterocycles. The van der Waals surface area contributed by atoms with E-state index in [4.69, 9.17) is 14.5 Å². The number of ether oxygens (including phenoxy) is 2. The van der Waals surface area contributed by atoms with E-state index in [1.807, 2.05) is 46.0 Å². The number of ketones is 1. The summed E-state index contributed by atoms with van der Waals surface area (Å²) < 4.78 is 12.4. The molecular formula is C32H31NO3. The molecule has 0 aliphatic carbocycles. The molecule has 0 radical (unpaired) electrons. The Hall–Kier alpha value is -3.68. The zero-order valence-electron chi connectivity index (χ0n) is 21.8. The molecule has 36 heavy (non-hydrogen) atoms. The molecule has 1 atom stereocenters. The minimum absolute atomic E-state index is 0.0267. The number of nitrogens with zero attached hydrogens (tertiary/aromatic N) is 1. The van der Waals surface area contributed by atoms with Crippen LogP contribution >= 0.6 is 0 Å². The summed E-state index contributed by atoms with van der Waals surface area (Å²) in [5.74, 6) is 6.99. The molecule has 0 N–H and O–H groups in total. The summed E-state index contributed by atoms with van der Waals surface area (Å²) in [4.78, 5) is 17.9. The topological polar surface area (TPSA) is 48.4 Å². The highest BCUT2D eigenvalue weighted by Crippen LogP contribution is 2.45. The highest BCUT2D eigenvalue weighted by Gasteiger charge is 2.30. The highest BCUT2D eigenvalue weighted by atomic mass is 16.5. The Balaban J connectivity index is 1.91. The van der Waals surface area contributed by atoms with Crippen molar-refractivity contribution in [3.8, 4) is 28.7 Å². The second-order valence-corrected chi connectivity index (χ2v) is 10.4. The van der Waals surface area contributed by atoms with E-state index in [9.17, 15) is 4.79 Å². The van der Waals surface area contributed by atoms with Crippen molar-refractivity contribution in [2.24, 2.45) is 0 Å². The Morgan fingerprint density at radius 3 is 2.67 bits per heavy atom. The standard InChI is InChI=1S/C32H31NO3/c1-7-8-21-9-10-24-23(18-21)17-19(2)27(31(20(3)34)36-32(4,5)6)29(24)25-11-12-26-28-22(14-16-35-26)13-15-33-30(25)28/h9-13,15,17-18,31H,14,16H2,1-6H3/t31-/m1/s1. The van der Waals surface area contributed by atoms with E-state index >= 15 is 0 Å². The van der Waals surface area contributed by atoms with E-state index in [-0.39, 0.29) is 5.78 Å². The number of hydrogen-bond donors (Lipinski definition) is 0. The maximum Gasteiger partial charge on any atom is 0.163 e. The summed E-state index contributed by atoms with van der Waals surface area (Å²) in [5, 5.41) is 3.16. The van der Waals surface area contributed by atoms with Crippen LogP contribution in [0.3, 0.4) is 0 Å². The Morgan fingerprint density at radius 2 is 1.94 bits per heavy atom. The lowest BCUT2D eigenvalue weighted by atomic mass is 9.84. The number of benzene rings is 3. The molecule has 4 nitrogen and oxygen atoms in total. The number of aromatic nitrogens is 1. The first kappa shape index (κ1) is 24.0. The third kappa shape index (κ3) is 4.25. The zero-order valence-corrected chi connectivity index (χ0v) is 21.8. The van der Waals surface area contributed by atoms with Crippen molar-refractivity contribution in [3.05, 3.63) is 70.9 Å². The lowest BCUT2D eigenvalue weighted by Gasteiger charge is -2.30. The van der Waals surface area contributed by atoms with Gasteiger partial charge >= 0.3 is 0 Å². The highest BCUT2D eigenvalue weighted by molar-refractivity contribution is 6.09. The Morgan fingerprint density at radius 1 is 1.14 bits per heavy atom. The number of carbonyl (C=O) groups is 1. The molecule has 0 amide bonds. The summed E-state index contributed by atoms with van der Waals surface area (Å²) in [5.41, 5.74) is 6.42. The van der Waals surface area contributed by atoms with Crippen molar-refractivity contribution in [1.29, 1.82) is 0 Å². The molecule has 0 unspecified atom stereocenters. The second-order valence-electron chi connectivity index (χ2n) is 10.4. The number of hydrogen-bond acceptors (Lipinski definition) is 4. The lowest BCUT2D eigenvalue weighted by Crippen LogP contribution is -2.27. The van der Waals surface area contributed by atoms with Crippen LogP contribution in [-0.4, -0.2) is 23.0 Å². The summed E-state index contributed by atoms with van der Waals surface area (Å²) in [7, 11) is 0. The van der Waals surface area contributed by atoms with Gasteiger partial charge in [0.2, 0.25) is 0 Å². The summed E-state index contributed by atoms with van der Waals surface area (Å²) >= 11 is 0. The minimum Gasteiger partial charge on any atom is -0.493 e. The average Bonchev–Trinajstić information content (AvgIpc) is 2.82. The van der Waals surface area contributed by atoms with Crippen molar-refractivity contribution < 1.29 is 14.3 Å². The van der Waals surface area contributed by atoms with Crippen LogP contribution in [0.25, 0.3) is 32.8 Å². The third-order valence-corrected chi connectivity index (χ3v) is 6.60. The van der Waals surface area contributed by atoms with Crippen LogP contribution in [0.1, 0.15) is 63.0 Å². The molecule has 1 aliphatic rings. The molecule has 182 valence electrons. The first-order valence-electron chi connectivity index (χ1n) is 12.4. The van der Waals surface area contributed by atoms with E-state index in [0.717, 1.165) is 61.7 Å². The Labute approximate surface area is 212 Å². The van der Waals surface area contributed by atoms with Gasteiger partial charge in [-0.3, -0.25) is 9.78 Å². The van der Waals surface area contributed by atoms with Gasteiger partial charge in [-0.15, -0.1) is 5.92 Å². The minimum atomic E-state index is -0.707. The van der Waals surface area contributed by atoms with Crippen LogP contribution in [0.5, 0.6) is 5.75 Å². The van der Waals surface area contributed by atoms with Crippen LogP contribution in [0.2, 0.25) is 0 Å². The van der Waals surface area contributed by atoms with Gasteiger partial charge in [0.1, 0.15) is 11.9 Å². The number of Topliss-reactive ketones (excluding diaryl/α,β-unsaturated/α-hetero) is 1.